The third-order valence-corrected chi connectivity index (χ3v) is 2.73. The molecule has 0 aliphatic carbocycles. The van der Waals surface area contributed by atoms with Crippen LogP contribution in [0, 0.1) is 29.1 Å². The molecule has 0 heterocycles. The Morgan fingerprint density at radius 2 is 1.31 bits per heavy atom. The van der Waals surface area contributed by atoms with Crippen molar-refractivity contribution in [2.75, 3.05) is 5.33 Å². The van der Waals surface area contributed by atoms with E-state index in [9.17, 15) is 22.0 Å². The standard InChI is InChI=1S/C10H6BrF5/c1-4(3-11)2-5-6(12)8(14)10(16)9(15)7(5)13/h2H,3H2,1H3. The van der Waals surface area contributed by atoms with Gasteiger partial charge in [-0.1, -0.05) is 21.5 Å². The Hall–Kier alpha value is -0.910. The summed E-state index contributed by atoms with van der Waals surface area (Å²) < 4.78 is 64.4. The lowest BCUT2D eigenvalue weighted by molar-refractivity contribution is 0.377. The second kappa shape index (κ2) is 4.95. The number of hydrogen-bond donors (Lipinski definition) is 0. The second-order valence-electron chi connectivity index (χ2n) is 3.11. The van der Waals surface area contributed by atoms with Crippen LogP contribution in [0.1, 0.15) is 12.5 Å². The molecular formula is C10H6BrF5. The van der Waals surface area contributed by atoms with E-state index in [1.165, 1.54) is 6.92 Å². The van der Waals surface area contributed by atoms with E-state index in [0.717, 1.165) is 6.08 Å². The molecule has 1 rings (SSSR count). The van der Waals surface area contributed by atoms with Crippen molar-refractivity contribution in [1.29, 1.82) is 0 Å². The maximum Gasteiger partial charge on any atom is 0.200 e. The van der Waals surface area contributed by atoms with Crippen molar-refractivity contribution in [3.63, 3.8) is 0 Å². The molecule has 0 unspecified atom stereocenters. The van der Waals surface area contributed by atoms with Gasteiger partial charge in [-0.25, -0.2) is 22.0 Å². The van der Waals surface area contributed by atoms with Crippen molar-refractivity contribution in [2.45, 2.75) is 6.92 Å². The predicted molar refractivity (Wildman–Crippen MR) is 53.7 cm³/mol. The van der Waals surface area contributed by atoms with Gasteiger partial charge in [-0.15, -0.1) is 0 Å². The van der Waals surface area contributed by atoms with E-state index in [-0.39, 0.29) is 5.33 Å². The molecule has 6 heteroatoms. The summed E-state index contributed by atoms with van der Waals surface area (Å²) in [5.41, 5.74) is -0.489. The molecule has 0 aliphatic heterocycles. The zero-order chi connectivity index (χ0) is 12.5. The summed E-state index contributed by atoms with van der Waals surface area (Å²) in [4.78, 5) is 0. The SMILES string of the molecule is CC(=Cc1c(F)c(F)c(F)c(F)c1F)CBr. The molecule has 0 atom stereocenters. The van der Waals surface area contributed by atoms with E-state index >= 15 is 0 Å². The molecule has 0 N–H and O–H groups in total. The quantitative estimate of drug-likeness (QED) is 0.333. The Balaban J connectivity index is 3.52. The van der Waals surface area contributed by atoms with Crippen LogP contribution in [-0.4, -0.2) is 5.33 Å². The van der Waals surface area contributed by atoms with Crippen molar-refractivity contribution in [3.05, 3.63) is 40.2 Å². The van der Waals surface area contributed by atoms with E-state index < -0.39 is 34.6 Å². The van der Waals surface area contributed by atoms with Crippen molar-refractivity contribution in [3.8, 4) is 0 Å². The van der Waals surface area contributed by atoms with Crippen LogP contribution in [0.15, 0.2) is 5.57 Å². The third kappa shape index (κ3) is 2.26. The fourth-order valence-corrected chi connectivity index (χ4v) is 1.20. The topological polar surface area (TPSA) is 0 Å². The summed E-state index contributed by atoms with van der Waals surface area (Å²) in [7, 11) is 0. The number of halogens is 6. The fraction of sp³-hybridized carbons (Fsp3) is 0.200. The van der Waals surface area contributed by atoms with Crippen LogP contribution in [0.4, 0.5) is 22.0 Å². The first-order valence-electron chi connectivity index (χ1n) is 4.14. The van der Waals surface area contributed by atoms with Gasteiger partial charge in [0.2, 0.25) is 5.82 Å². The highest BCUT2D eigenvalue weighted by Crippen LogP contribution is 2.25. The van der Waals surface area contributed by atoms with Gasteiger partial charge in [0.15, 0.2) is 23.3 Å². The molecular weight excluding hydrogens is 295 g/mol. The van der Waals surface area contributed by atoms with Crippen molar-refractivity contribution < 1.29 is 22.0 Å². The molecule has 0 aliphatic rings. The highest BCUT2D eigenvalue weighted by molar-refractivity contribution is 9.09. The number of benzene rings is 1. The molecule has 0 saturated heterocycles. The van der Waals surface area contributed by atoms with E-state index in [2.05, 4.69) is 15.9 Å². The maximum atomic E-state index is 13.1. The average molecular weight is 301 g/mol. The molecule has 1 aromatic carbocycles. The van der Waals surface area contributed by atoms with E-state index in [1.807, 2.05) is 0 Å². The van der Waals surface area contributed by atoms with Crippen LogP contribution >= 0.6 is 15.9 Å². The van der Waals surface area contributed by atoms with Crippen molar-refractivity contribution >= 4 is 22.0 Å². The lowest BCUT2D eigenvalue weighted by atomic mass is 10.1. The van der Waals surface area contributed by atoms with Gasteiger partial charge in [0.05, 0.1) is 5.56 Å². The molecule has 0 amide bonds. The van der Waals surface area contributed by atoms with Gasteiger partial charge in [-0.05, 0) is 13.0 Å². The predicted octanol–water partition coefficient (Wildman–Crippen LogP) is 4.18. The van der Waals surface area contributed by atoms with Gasteiger partial charge in [0.25, 0.3) is 0 Å². The molecule has 88 valence electrons. The molecule has 0 bridgehead atoms. The van der Waals surface area contributed by atoms with Crippen molar-refractivity contribution in [2.24, 2.45) is 0 Å². The second-order valence-corrected chi connectivity index (χ2v) is 3.67. The Morgan fingerprint density at radius 3 is 1.69 bits per heavy atom. The van der Waals surface area contributed by atoms with Crippen LogP contribution in [-0.2, 0) is 0 Å². The summed E-state index contributed by atoms with van der Waals surface area (Å²) >= 11 is 3.00. The van der Waals surface area contributed by atoms with E-state index in [4.69, 9.17) is 0 Å². The Kier molecular flexibility index (Phi) is 4.07. The third-order valence-electron chi connectivity index (χ3n) is 1.85. The monoisotopic (exact) mass is 300 g/mol. The van der Waals surface area contributed by atoms with Gasteiger partial charge in [0, 0.05) is 5.33 Å². The number of allylic oxidation sites excluding steroid dienone is 1. The van der Waals surface area contributed by atoms with Gasteiger partial charge in [-0.2, -0.15) is 0 Å². The first-order chi connectivity index (χ1) is 7.40. The summed E-state index contributed by atoms with van der Waals surface area (Å²) in [6, 6.07) is 0. The largest absolute Gasteiger partial charge is 0.203 e. The fourth-order valence-electron chi connectivity index (χ4n) is 1.03. The summed E-state index contributed by atoms with van der Waals surface area (Å²) in [6.07, 6.45) is 0.908. The molecule has 0 saturated carbocycles. The smallest absolute Gasteiger partial charge is 0.200 e. The minimum Gasteiger partial charge on any atom is -0.203 e. The average Bonchev–Trinajstić information content (AvgIpc) is 2.29. The Labute approximate surface area is 96.9 Å². The molecule has 1 aromatic rings. The zero-order valence-corrected chi connectivity index (χ0v) is 9.64. The van der Waals surface area contributed by atoms with Crippen LogP contribution in [0.3, 0.4) is 0 Å². The van der Waals surface area contributed by atoms with Gasteiger partial charge in [-0.3, -0.25) is 0 Å². The molecule has 0 nitrogen and oxygen atoms in total. The summed E-state index contributed by atoms with van der Waals surface area (Å²) in [6.45, 7) is 1.49. The summed E-state index contributed by atoms with van der Waals surface area (Å²) in [5, 5.41) is 0.270. The van der Waals surface area contributed by atoms with Gasteiger partial charge >= 0.3 is 0 Å². The lowest BCUT2D eigenvalue weighted by Gasteiger charge is -2.05. The number of alkyl halides is 1. The van der Waals surface area contributed by atoms with E-state index in [0.29, 0.717) is 5.57 Å². The minimum absolute atomic E-state index is 0.270. The zero-order valence-electron chi connectivity index (χ0n) is 8.05. The normalized spacial score (nSPS) is 12.1. The minimum atomic E-state index is -2.15. The highest BCUT2D eigenvalue weighted by atomic mass is 79.9. The van der Waals surface area contributed by atoms with E-state index in [1.54, 1.807) is 0 Å². The van der Waals surface area contributed by atoms with Crippen LogP contribution in [0.25, 0.3) is 6.08 Å². The van der Waals surface area contributed by atoms with Crippen LogP contribution in [0.5, 0.6) is 0 Å². The summed E-state index contributed by atoms with van der Waals surface area (Å²) in [5.74, 6) is -9.67. The van der Waals surface area contributed by atoms with Crippen LogP contribution in [0.2, 0.25) is 0 Å². The highest BCUT2D eigenvalue weighted by Gasteiger charge is 2.24. The van der Waals surface area contributed by atoms with Gasteiger partial charge < -0.3 is 0 Å². The van der Waals surface area contributed by atoms with Gasteiger partial charge in [0.1, 0.15) is 0 Å². The molecule has 0 aromatic heterocycles. The van der Waals surface area contributed by atoms with Crippen molar-refractivity contribution in [1.82, 2.24) is 0 Å². The Morgan fingerprint density at radius 1 is 0.938 bits per heavy atom. The van der Waals surface area contributed by atoms with Crippen LogP contribution < -0.4 is 0 Å². The first-order valence-corrected chi connectivity index (χ1v) is 5.26. The number of rotatable bonds is 2. The number of hydrogen-bond acceptors (Lipinski definition) is 0. The lowest BCUT2D eigenvalue weighted by Crippen LogP contribution is -2.04. The molecule has 0 spiro atoms. The molecule has 0 radical (unpaired) electrons. The maximum absolute atomic E-state index is 13.1. The molecule has 0 fully saturated rings. The Bertz CT molecular complexity index is 424. The first kappa shape index (κ1) is 13.2. The molecule has 16 heavy (non-hydrogen) atoms.